The second kappa shape index (κ2) is 8.38. The summed E-state index contributed by atoms with van der Waals surface area (Å²) in [4.78, 5) is 27.9. The van der Waals surface area contributed by atoms with Gasteiger partial charge in [-0.05, 0) is 67.6 Å². The summed E-state index contributed by atoms with van der Waals surface area (Å²) in [5.41, 5.74) is 0.824. The van der Waals surface area contributed by atoms with Crippen molar-refractivity contribution >= 4 is 23.5 Å². The molecule has 1 amide bonds. The molecule has 1 aromatic carbocycles. The van der Waals surface area contributed by atoms with Gasteiger partial charge >= 0.3 is 5.97 Å². The van der Waals surface area contributed by atoms with Crippen molar-refractivity contribution in [2.24, 2.45) is 23.2 Å². The zero-order valence-corrected chi connectivity index (χ0v) is 18.8. The zero-order chi connectivity index (χ0) is 21.6. The van der Waals surface area contributed by atoms with E-state index in [-0.39, 0.29) is 23.3 Å². The van der Waals surface area contributed by atoms with Crippen molar-refractivity contribution in [3.05, 3.63) is 34.9 Å². The first-order valence-electron chi connectivity index (χ1n) is 11.4. The minimum atomic E-state index is -0.459. The maximum absolute atomic E-state index is 13.1. The quantitative estimate of drug-likeness (QED) is 0.704. The average Bonchev–Trinajstić information content (AvgIpc) is 2.75. The van der Waals surface area contributed by atoms with E-state index in [2.05, 4.69) is 16.3 Å². The first-order valence-corrected chi connectivity index (χ1v) is 11.8. The van der Waals surface area contributed by atoms with Crippen LogP contribution in [0.15, 0.2) is 24.3 Å². The summed E-state index contributed by atoms with van der Waals surface area (Å²) >= 11 is 6.11. The third-order valence-corrected chi connectivity index (χ3v) is 8.17. The van der Waals surface area contributed by atoms with Gasteiger partial charge in [-0.25, -0.2) is 0 Å². The summed E-state index contributed by atoms with van der Waals surface area (Å²) in [6.07, 6.45) is 4.38. The van der Waals surface area contributed by atoms with Crippen LogP contribution >= 0.6 is 11.6 Å². The summed E-state index contributed by atoms with van der Waals surface area (Å²) in [6, 6.07) is 8.00. The van der Waals surface area contributed by atoms with Gasteiger partial charge in [-0.15, -0.1) is 0 Å². The van der Waals surface area contributed by atoms with Crippen LogP contribution in [0, 0.1) is 23.2 Å². The molecular formula is C24H31ClN2O4. The van der Waals surface area contributed by atoms with E-state index in [1.807, 2.05) is 18.2 Å². The van der Waals surface area contributed by atoms with Crippen LogP contribution in [0.3, 0.4) is 0 Å². The molecule has 0 radical (unpaired) electrons. The Morgan fingerprint density at radius 1 is 1.26 bits per heavy atom. The smallest absolute Gasteiger partial charge is 0.311 e. The number of amides is 1. The minimum absolute atomic E-state index is 0.0135. The Labute approximate surface area is 188 Å². The number of nitrogens with one attached hydrogen (secondary N) is 1. The van der Waals surface area contributed by atoms with E-state index in [1.165, 1.54) is 7.11 Å². The molecule has 3 unspecified atom stereocenters. The monoisotopic (exact) mass is 446 g/mol. The Morgan fingerprint density at radius 2 is 2.03 bits per heavy atom. The number of morpholine rings is 1. The fourth-order valence-electron chi connectivity index (χ4n) is 6.88. The lowest BCUT2D eigenvalue weighted by Gasteiger charge is -2.58. The first-order chi connectivity index (χ1) is 15.0. The lowest BCUT2D eigenvalue weighted by Crippen LogP contribution is -2.63. The van der Waals surface area contributed by atoms with Gasteiger partial charge in [-0.2, -0.15) is 0 Å². The fourth-order valence-corrected chi connectivity index (χ4v) is 7.09. The van der Waals surface area contributed by atoms with E-state index in [0.717, 1.165) is 55.8 Å². The Balaban J connectivity index is 1.21. The van der Waals surface area contributed by atoms with Crippen LogP contribution in [0.5, 0.6) is 0 Å². The highest BCUT2D eigenvalue weighted by Gasteiger charge is 2.59. The number of nitrogens with zero attached hydrogens (tertiary/aromatic N) is 1. The Hall–Kier alpha value is -1.63. The predicted octanol–water partition coefficient (Wildman–Crippen LogP) is 3.02. The number of methoxy groups -OCH3 is 1. The van der Waals surface area contributed by atoms with E-state index in [4.69, 9.17) is 21.1 Å². The van der Waals surface area contributed by atoms with Crippen molar-refractivity contribution in [3.63, 3.8) is 0 Å². The van der Waals surface area contributed by atoms with Crippen molar-refractivity contribution in [1.29, 1.82) is 0 Å². The fraction of sp³-hybridized carbons (Fsp3) is 0.667. The summed E-state index contributed by atoms with van der Waals surface area (Å²) in [6.45, 7) is 2.68. The van der Waals surface area contributed by atoms with Crippen LogP contribution in [0.4, 0.5) is 0 Å². The number of carbonyl (C=O) groups is 2. The number of benzene rings is 1. The molecule has 3 atom stereocenters. The zero-order valence-electron chi connectivity index (χ0n) is 18.0. The molecule has 6 nitrogen and oxygen atoms in total. The Morgan fingerprint density at radius 3 is 2.74 bits per heavy atom. The molecule has 5 fully saturated rings. The van der Waals surface area contributed by atoms with Crippen molar-refractivity contribution in [2.45, 2.75) is 50.8 Å². The van der Waals surface area contributed by atoms with Gasteiger partial charge in [0.2, 0.25) is 0 Å². The molecule has 5 aliphatic rings. The SMILES string of the molecule is COC(=O)C12CC3CC(C1)C(NC(=O)C1CN(Cc4cccc(Cl)c4)CCO1)C(C3)C2. The van der Waals surface area contributed by atoms with E-state index < -0.39 is 6.10 Å². The second-order valence-corrected chi connectivity index (χ2v) is 10.4. The van der Waals surface area contributed by atoms with E-state index >= 15 is 0 Å². The molecular weight excluding hydrogens is 416 g/mol. The number of hydrogen-bond acceptors (Lipinski definition) is 5. The number of ether oxygens (including phenoxy) is 2. The maximum Gasteiger partial charge on any atom is 0.311 e. The van der Waals surface area contributed by atoms with Crippen LogP contribution in [-0.4, -0.2) is 55.7 Å². The van der Waals surface area contributed by atoms with E-state index in [9.17, 15) is 9.59 Å². The van der Waals surface area contributed by atoms with Crippen molar-refractivity contribution in [1.82, 2.24) is 10.2 Å². The molecule has 0 aromatic heterocycles. The third-order valence-electron chi connectivity index (χ3n) is 7.94. The molecule has 7 heteroatoms. The number of halogens is 1. The summed E-state index contributed by atoms with van der Waals surface area (Å²) in [7, 11) is 1.50. The molecule has 168 valence electrons. The normalized spacial score (nSPS) is 36.9. The summed E-state index contributed by atoms with van der Waals surface area (Å²) < 4.78 is 11.0. The molecule has 6 rings (SSSR count). The molecule has 0 spiro atoms. The van der Waals surface area contributed by atoms with Crippen LogP contribution < -0.4 is 5.32 Å². The molecule has 4 saturated carbocycles. The highest BCUT2D eigenvalue weighted by Crippen LogP contribution is 2.60. The predicted molar refractivity (Wildman–Crippen MR) is 116 cm³/mol. The van der Waals surface area contributed by atoms with Gasteiger partial charge < -0.3 is 14.8 Å². The van der Waals surface area contributed by atoms with Gasteiger partial charge in [0.25, 0.3) is 5.91 Å². The second-order valence-electron chi connectivity index (χ2n) is 10.0. The van der Waals surface area contributed by atoms with E-state index in [1.54, 1.807) is 0 Å². The van der Waals surface area contributed by atoms with Crippen molar-refractivity contribution in [3.8, 4) is 0 Å². The summed E-state index contributed by atoms with van der Waals surface area (Å²) in [5, 5.41) is 4.06. The Bertz CT molecular complexity index is 846. The van der Waals surface area contributed by atoms with Gasteiger partial charge in [-0.1, -0.05) is 23.7 Å². The van der Waals surface area contributed by atoms with Crippen LogP contribution in [-0.2, 0) is 25.6 Å². The van der Waals surface area contributed by atoms with Crippen molar-refractivity contribution < 1.29 is 19.1 Å². The largest absolute Gasteiger partial charge is 0.469 e. The lowest BCUT2D eigenvalue weighted by molar-refractivity contribution is -0.172. The van der Waals surface area contributed by atoms with E-state index in [0.29, 0.717) is 30.9 Å². The van der Waals surface area contributed by atoms with Gasteiger partial charge in [0.05, 0.1) is 19.1 Å². The first kappa shape index (κ1) is 21.2. The molecule has 1 aliphatic heterocycles. The standard InChI is InChI=1S/C24H31ClN2O4/c1-30-23(29)24-10-16-7-17(11-24)21(18(8-16)12-24)26-22(28)20-14-27(5-6-31-20)13-15-3-2-4-19(25)9-15/h2-4,9,16-18,20-21H,5-8,10-14H2,1H3,(H,26,28). The average molecular weight is 447 g/mol. The Kier molecular flexibility index (Phi) is 5.74. The molecule has 1 N–H and O–H groups in total. The van der Waals surface area contributed by atoms with Crippen LogP contribution in [0.25, 0.3) is 0 Å². The van der Waals surface area contributed by atoms with Gasteiger partial charge in [0, 0.05) is 30.7 Å². The molecule has 4 aliphatic carbocycles. The topological polar surface area (TPSA) is 67.9 Å². The third kappa shape index (κ3) is 4.10. The highest BCUT2D eigenvalue weighted by atomic mass is 35.5. The van der Waals surface area contributed by atoms with Gasteiger partial charge in [-0.3, -0.25) is 14.5 Å². The highest BCUT2D eigenvalue weighted by molar-refractivity contribution is 6.30. The van der Waals surface area contributed by atoms with Crippen molar-refractivity contribution in [2.75, 3.05) is 26.8 Å². The molecule has 4 bridgehead atoms. The number of esters is 1. The minimum Gasteiger partial charge on any atom is -0.469 e. The molecule has 1 saturated heterocycles. The van der Waals surface area contributed by atoms with Crippen LogP contribution in [0.1, 0.15) is 37.7 Å². The molecule has 1 aromatic rings. The maximum atomic E-state index is 13.1. The van der Waals surface area contributed by atoms with Gasteiger partial charge in [0.15, 0.2) is 0 Å². The number of carbonyl (C=O) groups excluding carboxylic acids is 2. The van der Waals surface area contributed by atoms with Crippen LogP contribution in [0.2, 0.25) is 5.02 Å². The number of rotatable bonds is 5. The van der Waals surface area contributed by atoms with Gasteiger partial charge in [0.1, 0.15) is 6.10 Å². The molecule has 31 heavy (non-hydrogen) atoms. The summed E-state index contributed by atoms with van der Waals surface area (Å²) in [5.74, 6) is 1.24. The molecule has 1 heterocycles. The lowest BCUT2D eigenvalue weighted by atomic mass is 9.48. The number of hydrogen-bond donors (Lipinski definition) is 1.